The molecule has 2 aliphatic carbocycles. The summed E-state index contributed by atoms with van der Waals surface area (Å²) in [5.41, 5.74) is 0. The molecule has 2 saturated carbocycles. The maximum atomic E-state index is 13.8. The average molecular weight is 228 g/mol. The van der Waals surface area contributed by atoms with Gasteiger partial charge in [0.25, 0.3) is 0 Å². The molecule has 0 bridgehead atoms. The first kappa shape index (κ1) is 12.3. The topological polar surface area (TPSA) is 9.23 Å². The Hall–Kier alpha value is -0.110. The lowest BCUT2D eigenvalue weighted by atomic mass is 9.70. The number of hydrogen-bond donors (Lipinski definition) is 0. The quantitative estimate of drug-likeness (QED) is 0.695. The highest BCUT2D eigenvalue weighted by Gasteiger charge is 2.35. The second-order valence-electron chi connectivity index (χ2n) is 5.88. The van der Waals surface area contributed by atoms with Crippen molar-refractivity contribution in [1.82, 2.24) is 0 Å². The maximum absolute atomic E-state index is 13.8. The van der Waals surface area contributed by atoms with Gasteiger partial charge in [-0.1, -0.05) is 19.8 Å². The summed E-state index contributed by atoms with van der Waals surface area (Å²) in [5, 5.41) is 0. The van der Waals surface area contributed by atoms with E-state index in [0.717, 1.165) is 24.7 Å². The Morgan fingerprint density at radius 1 is 0.938 bits per heavy atom. The third-order valence-electron chi connectivity index (χ3n) is 4.78. The van der Waals surface area contributed by atoms with Gasteiger partial charge in [-0.25, -0.2) is 4.39 Å². The van der Waals surface area contributed by atoms with Crippen LogP contribution in [-0.2, 0) is 4.74 Å². The van der Waals surface area contributed by atoms with Gasteiger partial charge in [0.05, 0.1) is 6.10 Å². The molecule has 0 radical (unpaired) electrons. The second kappa shape index (κ2) is 5.48. The summed E-state index contributed by atoms with van der Waals surface area (Å²) in [6, 6.07) is 0. The van der Waals surface area contributed by atoms with Crippen molar-refractivity contribution in [2.75, 3.05) is 7.11 Å². The van der Waals surface area contributed by atoms with Gasteiger partial charge in [-0.3, -0.25) is 0 Å². The molecule has 2 rings (SSSR count). The fourth-order valence-electron chi connectivity index (χ4n) is 3.57. The van der Waals surface area contributed by atoms with Gasteiger partial charge >= 0.3 is 0 Å². The van der Waals surface area contributed by atoms with Crippen LogP contribution in [0.3, 0.4) is 0 Å². The van der Waals surface area contributed by atoms with Gasteiger partial charge in [0, 0.05) is 7.11 Å². The van der Waals surface area contributed by atoms with E-state index in [1.165, 1.54) is 32.1 Å². The predicted molar refractivity (Wildman–Crippen MR) is 64.2 cm³/mol. The van der Waals surface area contributed by atoms with Crippen LogP contribution in [0.5, 0.6) is 0 Å². The maximum Gasteiger partial charge on any atom is 0.126 e. The van der Waals surface area contributed by atoms with Crippen LogP contribution in [0, 0.1) is 17.8 Å². The van der Waals surface area contributed by atoms with Crippen LogP contribution in [0.25, 0.3) is 0 Å². The van der Waals surface area contributed by atoms with Crippen LogP contribution in [-0.4, -0.2) is 19.4 Å². The highest BCUT2D eigenvalue weighted by atomic mass is 19.1. The first-order chi connectivity index (χ1) is 7.70. The van der Waals surface area contributed by atoms with E-state index >= 15 is 0 Å². The number of hydrogen-bond acceptors (Lipinski definition) is 1. The van der Waals surface area contributed by atoms with Gasteiger partial charge in [0.15, 0.2) is 0 Å². The summed E-state index contributed by atoms with van der Waals surface area (Å²) in [7, 11) is 1.64. The van der Waals surface area contributed by atoms with E-state index in [1.54, 1.807) is 7.11 Å². The first-order valence-electron chi connectivity index (χ1n) is 6.87. The summed E-state index contributed by atoms with van der Waals surface area (Å²) < 4.78 is 19.0. The number of alkyl halides is 1. The monoisotopic (exact) mass is 228 g/mol. The lowest BCUT2D eigenvalue weighted by Crippen LogP contribution is -2.35. The van der Waals surface area contributed by atoms with Crippen molar-refractivity contribution in [3.05, 3.63) is 0 Å². The standard InChI is InChI=1S/C14H25FO/c1-10-3-5-11(6-4-10)12-7-8-14(16-2)13(15)9-12/h10-14H,3-9H2,1-2H3. The van der Waals surface area contributed by atoms with E-state index < -0.39 is 6.17 Å². The molecule has 0 heterocycles. The van der Waals surface area contributed by atoms with Gasteiger partial charge in [-0.15, -0.1) is 0 Å². The molecule has 3 atom stereocenters. The predicted octanol–water partition coefficient (Wildman–Crippen LogP) is 3.97. The van der Waals surface area contributed by atoms with E-state index in [2.05, 4.69) is 6.92 Å². The van der Waals surface area contributed by atoms with E-state index in [0.29, 0.717) is 5.92 Å². The van der Waals surface area contributed by atoms with Crippen molar-refractivity contribution in [3.8, 4) is 0 Å². The number of rotatable bonds is 2. The first-order valence-corrected chi connectivity index (χ1v) is 6.87. The van der Waals surface area contributed by atoms with Gasteiger partial charge < -0.3 is 4.74 Å². The van der Waals surface area contributed by atoms with Crippen LogP contribution < -0.4 is 0 Å². The molecule has 0 amide bonds. The fourth-order valence-corrected chi connectivity index (χ4v) is 3.57. The van der Waals surface area contributed by atoms with Crippen LogP contribution in [0.2, 0.25) is 0 Å². The Kier molecular flexibility index (Phi) is 4.23. The zero-order chi connectivity index (χ0) is 11.5. The van der Waals surface area contributed by atoms with E-state index in [4.69, 9.17) is 4.74 Å². The summed E-state index contributed by atoms with van der Waals surface area (Å²) in [6.07, 6.45) is 7.37. The molecule has 2 aliphatic rings. The average Bonchev–Trinajstić information content (AvgIpc) is 2.30. The number of methoxy groups -OCH3 is 1. The van der Waals surface area contributed by atoms with Gasteiger partial charge in [-0.2, -0.15) is 0 Å². The lowest BCUT2D eigenvalue weighted by molar-refractivity contribution is -0.0221. The molecule has 0 spiro atoms. The molecule has 0 saturated heterocycles. The SMILES string of the molecule is COC1CCC(C2CCC(C)CC2)CC1F. The molecular weight excluding hydrogens is 203 g/mol. The smallest absolute Gasteiger partial charge is 0.126 e. The third-order valence-corrected chi connectivity index (χ3v) is 4.78. The molecule has 0 aromatic heterocycles. The second-order valence-corrected chi connectivity index (χ2v) is 5.88. The summed E-state index contributed by atoms with van der Waals surface area (Å²) in [5.74, 6) is 2.33. The van der Waals surface area contributed by atoms with Crippen molar-refractivity contribution in [2.45, 2.75) is 64.1 Å². The minimum Gasteiger partial charge on any atom is -0.378 e. The van der Waals surface area contributed by atoms with Crippen LogP contribution in [0.4, 0.5) is 4.39 Å². The zero-order valence-corrected chi connectivity index (χ0v) is 10.6. The fraction of sp³-hybridized carbons (Fsp3) is 1.00. The minimum atomic E-state index is -0.719. The molecule has 0 aliphatic heterocycles. The molecule has 3 unspecified atom stereocenters. The molecule has 94 valence electrons. The lowest BCUT2D eigenvalue weighted by Gasteiger charge is -2.38. The molecular formula is C14H25FO. The van der Waals surface area contributed by atoms with Crippen LogP contribution in [0.15, 0.2) is 0 Å². The van der Waals surface area contributed by atoms with Crippen LogP contribution >= 0.6 is 0 Å². The molecule has 0 aromatic carbocycles. The van der Waals surface area contributed by atoms with E-state index in [-0.39, 0.29) is 6.10 Å². The zero-order valence-electron chi connectivity index (χ0n) is 10.6. The molecule has 2 heteroatoms. The van der Waals surface area contributed by atoms with Crippen molar-refractivity contribution < 1.29 is 9.13 Å². The van der Waals surface area contributed by atoms with Crippen molar-refractivity contribution in [3.63, 3.8) is 0 Å². The summed E-state index contributed by atoms with van der Waals surface area (Å²) >= 11 is 0. The molecule has 2 fully saturated rings. The van der Waals surface area contributed by atoms with Crippen LogP contribution in [0.1, 0.15) is 51.9 Å². The van der Waals surface area contributed by atoms with E-state index in [1.807, 2.05) is 0 Å². The molecule has 16 heavy (non-hydrogen) atoms. The Morgan fingerprint density at radius 2 is 1.56 bits per heavy atom. The molecule has 0 N–H and O–H groups in total. The number of ether oxygens (including phenoxy) is 1. The highest BCUT2D eigenvalue weighted by Crippen LogP contribution is 2.40. The highest BCUT2D eigenvalue weighted by molar-refractivity contribution is 4.85. The summed E-state index contributed by atoms with van der Waals surface area (Å²) in [4.78, 5) is 0. The van der Waals surface area contributed by atoms with Gasteiger partial charge in [0.2, 0.25) is 0 Å². The molecule has 0 aromatic rings. The van der Waals surface area contributed by atoms with Crippen molar-refractivity contribution in [2.24, 2.45) is 17.8 Å². The summed E-state index contributed by atoms with van der Waals surface area (Å²) in [6.45, 7) is 2.34. The van der Waals surface area contributed by atoms with E-state index in [9.17, 15) is 4.39 Å². The van der Waals surface area contributed by atoms with Crippen molar-refractivity contribution in [1.29, 1.82) is 0 Å². The Morgan fingerprint density at radius 3 is 2.12 bits per heavy atom. The normalized spacial score (nSPS) is 45.6. The number of halogens is 1. The van der Waals surface area contributed by atoms with Gasteiger partial charge in [0.1, 0.15) is 6.17 Å². The largest absolute Gasteiger partial charge is 0.378 e. The minimum absolute atomic E-state index is 0.126. The Labute approximate surface area is 98.8 Å². The van der Waals surface area contributed by atoms with Gasteiger partial charge in [-0.05, 0) is 49.9 Å². The Bertz CT molecular complexity index is 211. The third kappa shape index (κ3) is 2.77. The molecule has 1 nitrogen and oxygen atoms in total. The van der Waals surface area contributed by atoms with Crippen molar-refractivity contribution >= 4 is 0 Å². The Balaban J connectivity index is 1.83.